The van der Waals surface area contributed by atoms with Crippen LogP contribution in [0.3, 0.4) is 0 Å². The quantitative estimate of drug-likeness (QED) is 0.796. The summed E-state index contributed by atoms with van der Waals surface area (Å²) < 4.78 is 13.0. The molecule has 1 nitrogen and oxygen atoms in total. The van der Waals surface area contributed by atoms with Gasteiger partial charge in [0.05, 0.1) is 10.6 Å². The van der Waals surface area contributed by atoms with Crippen LogP contribution in [0.5, 0.6) is 0 Å². The molecule has 0 heterocycles. The van der Waals surface area contributed by atoms with Gasteiger partial charge in [-0.25, -0.2) is 4.39 Å². The van der Waals surface area contributed by atoms with E-state index in [0.717, 1.165) is 9.79 Å². The number of nitriles is 1. The molecule has 0 aliphatic carbocycles. The first-order valence-corrected chi connectivity index (χ1v) is 6.01. The molecule has 0 unspecified atom stereocenters. The number of nitrogens with zero attached hydrogens (tertiary/aromatic N) is 1. The molecule has 17 heavy (non-hydrogen) atoms. The van der Waals surface area contributed by atoms with E-state index < -0.39 is 0 Å². The Labute approximate surface area is 108 Å². The summed E-state index contributed by atoms with van der Waals surface area (Å²) in [5.74, 6) is -0.269. The molecule has 4 heteroatoms. The second kappa shape index (κ2) is 5.22. The Morgan fingerprint density at radius 1 is 1.12 bits per heavy atom. The minimum Gasteiger partial charge on any atom is -0.207 e. The van der Waals surface area contributed by atoms with Crippen LogP contribution in [0.4, 0.5) is 4.39 Å². The van der Waals surface area contributed by atoms with Crippen molar-refractivity contribution in [2.45, 2.75) is 9.79 Å². The Bertz CT molecular complexity index is 592. The highest BCUT2D eigenvalue weighted by Crippen LogP contribution is 2.30. The third kappa shape index (κ3) is 3.00. The van der Waals surface area contributed by atoms with Crippen LogP contribution in [0, 0.1) is 17.1 Å². The van der Waals surface area contributed by atoms with Crippen molar-refractivity contribution in [1.29, 1.82) is 5.26 Å². The number of hydrogen-bond donors (Lipinski definition) is 0. The Kier molecular flexibility index (Phi) is 3.68. The lowest BCUT2D eigenvalue weighted by Crippen LogP contribution is -1.80. The molecule has 0 aliphatic heterocycles. The fraction of sp³-hybridized carbons (Fsp3) is 0. The van der Waals surface area contributed by atoms with Crippen LogP contribution in [0.2, 0.25) is 5.02 Å². The van der Waals surface area contributed by atoms with Gasteiger partial charge in [-0.15, -0.1) is 0 Å². The van der Waals surface area contributed by atoms with Crippen molar-refractivity contribution in [2.24, 2.45) is 0 Å². The van der Waals surface area contributed by atoms with E-state index in [-0.39, 0.29) is 5.82 Å². The highest BCUT2D eigenvalue weighted by atomic mass is 35.5. The molecule has 2 rings (SSSR count). The van der Waals surface area contributed by atoms with Crippen molar-refractivity contribution in [3.05, 3.63) is 58.9 Å². The van der Waals surface area contributed by atoms with E-state index in [4.69, 9.17) is 16.9 Å². The molecule has 0 amide bonds. The zero-order valence-electron chi connectivity index (χ0n) is 8.65. The summed E-state index contributed by atoms with van der Waals surface area (Å²) in [7, 11) is 0. The summed E-state index contributed by atoms with van der Waals surface area (Å²) in [5, 5.41) is 9.16. The standard InChI is InChI=1S/C13H7ClFNS/c14-13-7-12(5-4-9(13)8-16)17-11-3-1-2-10(15)6-11/h1-7H. The first-order chi connectivity index (χ1) is 8.19. The molecule has 0 bridgehead atoms. The molecule has 0 saturated carbocycles. The lowest BCUT2D eigenvalue weighted by Gasteiger charge is -2.03. The van der Waals surface area contributed by atoms with Gasteiger partial charge < -0.3 is 0 Å². The van der Waals surface area contributed by atoms with E-state index in [1.807, 2.05) is 12.1 Å². The maximum absolute atomic E-state index is 13.0. The van der Waals surface area contributed by atoms with Gasteiger partial charge in [0, 0.05) is 9.79 Å². The molecule has 0 saturated heterocycles. The largest absolute Gasteiger partial charge is 0.207 e. The molecule has 0 aliphatic rings. The second-order valence-electron chi connectivity index (χ2n) is 3.31. The summed E-state index contributed by atoms with van der Waals surface area (Å²) in [6, 6.07) is 13.5. The Balaban J connectivity index is 2.25. The molecular weight excluding hydrogens is 257 g/mol. The van der Waals surface area contributed by atoms with Crippen molar-refractivity contribution >= 4 is 23.4 Å². The average molecular weight is 264 g/mol. The average Bonchev–Trinajstić information content (AvgIpc) is 2.29. The van der Waals surface area contributed by atoms with Gasteiger partial charge >= 0.3 is 0 Å². The first-order valence-electron chi connectivity index (χ1n) is 4.82. The van der Waals surface area contributed by atoms with Crippen molar-refractivity contribution in [2.75, 3.05) is 0 Å². The fourth-order valence-corrected chi connectivity index (χ4v) is 2.51. The monoisotopic (exact) mass is 263 g/mol. The van der Waals surface area contributed by atoms with Crippen molar-refractivity contribution in [3.63, 3.8) is 0 Å². The van der Waals surface area contributed by atoms with Gasteiger partial charge in [-0.1, -0.05) is 29.4 Å². The normalized spacial score (nSPS) is 9.94. The van der Waals surface area contributed by atoms with Crippen LogP contribution >= 0.6 is 23.4 Å². The Hall–Kier alpha value is -1.50. The summed E-state index contributed by atoms with van der Waals surface area (Å²) in [6.45, 7) is 0. The summed E-state index contributed by atoms with van der Waals surface area (Å²) in [5.41, 5.74) is 0.440. The van der Waals surface area contributed by atoms with Crippen LogP contribution in [0.15, 0.2) is 52.3 Å². The van der Waals surface area contributed by atoms with E-state index in [0.29, 0.717) is 10.6 Å². The van der Waals surface area contributed by atoms with Crippen molar-refractivity contribution < 1.29 is 4.39 Å². The molecule has 0 aromatic heterocycles. The molecule has 2 aromatic carbocycles. The van der Waals surface area contributed by atoms with E-state index >= 15 is 0 Å². The lowest BCUT2D eigenvalue weighted by atomic mass is 10.2. The van der Waals surface area contributed by atoms with Crippen LogP contribution in [-0.2, 0) is 0 Å². The topological polar surface area (TPSA) is 23.8 Å². The smallest absolute Gasteiger partial charge is 0.124 e. The molecule has 0 fully saturated rings. The fourth-order valence-electron chi connectivity index (χ4n) is 1.32. The second-order valence-corrected chi connectivity index (χ2v) is 4.87. The van der Waals surface area contributed by atoms with Gasteiger partial charge in [0.2, 0.25) is 0 Å². The third-order valence-corrected chi connectivity index (χ3v) is 3.38. The molecule has 0 N–H and O–H groups in total. The van der Waals surface area contributed by atoms with Crippen LogP contribution in [-0.4, -0.2) is 0 Å². The van der Waals surface area contributed by atoms with Crippen molar-refractivity contribution in [1.82, 2.24) is 0 Å². The van der Waals surface area contributed by atoms with E-state index in [1.165, 1.54) is 23.9 Å². The third-order valence-electron chi connectivity index (χ3n) is 2.09. The maximum Gasteiger partial charge on any atom is 0.124 e. The SMILES string of the molecule is N#Cc1ccc(Sc2cccc(F)c2)cc1Cl. The highest BCUT2D eigenvalue weighted by Gasteiger charge is 2.03. The van der Waals surface area contributed by atoms with Crippen LogP contribution in [0.25, 0.3) is 0 Å². The van der Waals surface area contributed by atoms with Gasteiger partial charge in [-0.2, -0.15) is 5.26 Å². The van der Waals surface area contributed by atoms with Crippen molar-refractivity contribution in [3.8, 4) is 6.07 Å². The maximum atomic E-state index is 13.0. The number of benzene rings is 2. The predicted molar refractivity (Wildman–Crippen MR) is 66.7 cm³/mol. The minimum atomic E-state index is -0.269. The predicted octanol–water partition coefficient (Wildman–Crippen LogP) is 4.50. The van der Waals surface area contributed by atoms with Gasteiger partial charge in [0.25, 0.3) is 0 Å². The summed E-state index contributed by atoms with van der Waals surface area (Å²) in [6.07, 6.45) is 0. The van der Waals surface area contributed by atoms with Gasteiger partial charge in [0.1, 0.15) is 11.9 Å². The molecule has 2 aromatic rings. The zero-order valence-corrected chi connectivity index (χ0v) is 10.2. The number of halogens is 2. The first kappa shape index (κ1) is 12.0. The zero-order chi connectivity index (χ0) is 12.3. The molecule has 0 atom stereocenters. The molecule has 0 radical (unpaired) electrons. The lowest BCUT2D eigenvalue weighted by molar-refractivity contribution is 0.624. The minimum absolute atomic E-state index is 0.269. The van der Waals surface area contributed by atoms with E-state index in [9.17, 15) is 4.39 Å². The molecular formula is C13H7ClFNS. The number of rotatable bonds is 2. The van der Waals surface area contributed by atoms with Crippen LogP contribution < -0.4 is 0 Å². The van der Waals surface area contributed by atoms with Crippen LogP contribution in [0.1, 0.15) is 5.56 Å². The molecule has 0 spiro atoms. The molecule has 84 valence electrons. The van der Waals surface area contributed by atoms with Gasteiger partial charge in [0.15, 0.2) is 0 Å². The Morgan fingerprint density at radius 2 is 1.88 bits per heavy atom. The highest BCUT2D eigenvalue weighted by molar-refractivity contribution is 7.99. The van der Waals surface area contributed by atoms with E-state index in [2.05, 4.69) is 0 Å². The summed E-state index contributed by atoms with van der Waals surface area (Å²) >= 11 is 7.32. The summed E-state index contributed by atoms with van der Waals surface area (Å²) in [4.78, 5) is 1.67. The number of hydrogen-bond acceptors (Lipinski definition) is 2. The van der Waals surface area contributed by atoms with Gasteiger partial charge in [-0.05, 0) is 36.4 Å². The van der Waals surface area contributed by atoms with Gasteiger partial charge in [-0.3, -0.25) is 0 Å². The Morgan fingerprint density at radius 3 is 2.53 bits per heavy atom. The van der Waals surface area contributed by atoms with E-state index in [1.54, 1.807) is 24.3 Å².